The lowest BCUT2D eigenvalue weighted by Gasteiger charge is -2.26. The summed E-state index contributed by atoms with van der Waals surface area (Å²) < 4.78 is 1.85. The maximum absolute atomic E-state index is 12.2. The van der Waals surface area contributed by atoms with E-state index in [0.29, 0.717) is 17.4 Å². The van der Waals surface area contributed by atoms with Crippen LogP contribution < -0.4 is 5.32 Å². The fourth-order valence-electron chi connectivity index (χ4n) is 3.68. The molecule has 1 fully saturated rings. The van der Waals surface area contributed by atoms with Crippen LogP contribution >= 0.6 is 11.6 Å². The molecule has 29 heavy (non-hydrogen) atoms. The van der Waals surface area contributed by atoms with Gasteiger partial charge < -0.3 is 5.32 Å². The molecule has 1 saturated heterocycles. The second-order valence-electron chi connectivity index (χ2n) is 7.42. The SMILES string of the molecule is O=C(/C=C/c1c(Cl)nc2ccccn12)NCc1ccc(CN2CCCCC2)cc1. The Morgan fingerprint density at radius 2 is 1.83 bits per heavy atom. The van der Waals surface area contributed by atoms with Gasteiger partial charge in [0.2, 0.25) is 5.91 Å². The molecule has 0 spiro atoms. The van der Waals surface area contributed by atoms with Crippen LogP contribution in [0.25, 0.3) is 11.7 Å². The van der Waals surface area contributed by atoms with E-state index in [1.54, 1.807) is 6.08 Å². The number of nitrogens with one attached hydrogen (secondary N) is 1. The minimum Gasteiger partial charge on any atom is -0.348 e. The first-order chi connectivity index (χ1) is 14.2. The molecule has 0 aliphatic carbocycles. The second-order valence-corrected chi connectivity index (χ2v) is 7.78. The van der Waals surface area contributed by atoms with Crippen molar-refractivity contribution in [3.63, 3.8) is 0 Å². The number of rotatable bonds is 6. The number of hydrogen-bond donors (Lipinski definition) is 1. The summed E-state index contributed by atoms with van der Waals surface area (Å²) in [5.41, 5.74) is 3.85. The normalized spacial score (nSPS) is 15.2. The van der Waals surface area contributed by atoms with E-state index >= 15 is 0 Å². The molecule has 0 radical (unpaired) electrons. The quantitative estimate of drug-likeness (QED) is 0.618. The highest BCUT2D eigenvalue weighted by Gasteiger charge is 2.10. The summed E-state index contributed by atoms with van der Waals surface area (Å²) in [7, 11) is 0. The van der Waals surface area contributed by atoms with Gasteiger partial charge in [0.15, 0.2) is 5.15 Å². The zero-order valence-corrected chi connectivity index (χ0v) is 17.1. The highest BCUT2D eigenvalue weighted by atomic mass is 35.5. The number of pyridine rings is 1. The smallest absolute Gasteiger partial charge is 0.244 e. The van der Waals surface area contributed by atoms with Gasteiger partial charge in [-0.3, -0.25) is 14.1 Å². The van der Waals surface area contributed by atoms with Crippen LogP contribution in [0.4, 0.5) is 0 Å². The van der Waals surface area contributed by atoms with Crippen LogP contribution in [0, 0.1) is 0 Å². The number of carbonyl (C=O) groups excluding carboxylic acids is 1. The van der Waals surface area contributed by atoms with Crippen molar-refractivity contribution < 1.29 is 4.79 Å². The molecular formula is C23H25ClN4O. The van der Waals surface area contributed by atoms with Gasteiger partial charge in [0, 0.05) is 25.4 Å². The maximum atomic E-state index is 12.2. The van der Waals surface area contributed by atoms with E-state index in [9.17, 15) is 4.79 Å². The zero-order chi connectivity index (χ0) is 20.1. The Bertz CT molecular complexity index is 1000. The van der Waals surface area contributed by atoms with Crippen molar-refractivity contribution in [1.82, 2.24) is 19.6 Å². The summed E-state index contributed by atoms with van der Waals surface area (Å²) >= 11 is 6.19. The fraction of sp³-hybridized carbons (Fsp3) is 0.304. The molecule has 3 heterocycles. The largest absolute Gasteiger partial charge is 0.348 e. The molecular weight excluding hydrogens is 384 g/mol. The lowest BCUT2D eigenvalue weighted by Crippen LogP contribution is -2.29. The first-order valence-corrected chi connectivity index (χ1v) is 10.5. The number of piperidine rings is 1. The van der Waals surface area contributed by atoms with Crippen molar-refractivity contribution in [1.29, 1.82) is 0 Å². The fourth-order valence-corrected chi connectivity index (χ4v) is 3.92. The number of amides is 1. The Morgan fingerprint density at radius 1 is 1.07 bits per heavy atom. The minimum atomic E-state index is -0.163. The average molecular weight is 409 g/mol. The minimum absolute atomic E-state index is 0.163. The van der Waals surface area contributed by atoms with Crippen molar-refractivity contribution in [2.75, 3.05) is 13.1 Å². The summed E-state index contributed by atoms with van der Waals surface area (Å²) in [6.45, 7) is 3.89. The molecule has 0 unspecified atom stereocenters. The molecule has 1 aliphatic heterocycles. The van der Waals surface area contributed by atoms with Crippen LogP contribution in [-0.2, 0) is 17.9 Å². The first-order valence-electron chi connectivity index (χ1n) is 10.1. The van der Waals surface area contributed by atoms with Gasteiger partial charge in [-0.1, -0.05) is 48.4 Å². The molecule has 5 nitrogen and oxygen atoms in total. The molecule has 6 heteroatoms. The van der Waals surface area contributed by atoms with Gasteiger partial charge in [-0.25, -0.2) is 4.98 Å². The van der Waals surface area contributed by atoms with Crippen molar-refractivity contribution in [3.05, 3.63) is 76.7 Å². The third kappa shape index (κ3) is 5.05. The number of halogens is 1. The summed E-state index contributed by atoms with van der Waals surface area (Å²) in [6, 6.07) is 14.2. The maximum Gasteiger partial charge on any atom is 0.244 e. The second kappa shape index (κ2) is 9.25. The number of nitrogens with zero attached hydrogens (tertiary/aromatic N) is 3. The van der Waals surface area contributed by atoms with Crippen molar-refractivity contribution in [2.24, 2.45) is 0 Å². The molecule has 3 aromatic rings. The zero-order valence-electron chi connectivity index (χ0n) is 16.4. The van der Waals surface area contributed by atoms with Gasteiger partial charge in [0.1, 0.15) is 5.65 Å². The lowest BCUT2D eigenvalue weighted by atomic mass is 10.1. The number of carbonyl (C=O) groups is 1. The van der Waals surface area contributed by atoms with E-state index in [0.717, 1.165) is 17.8 Å². The molecule has 1 N–H and O–H groups in total. The molecule has 1 aromatic carbocycles. The van der Waals surface area contributed by atoms with Crippen LogP contribution in [-0.4, -0.2) is 33.3 Å². The van der Waals surface area contributed by atoms with Crippen LogP contribution in [0.1, 0.15) is 36.1 Å². The number of aromatic nitrogens is 2. The Labute approximate surface area is 176 Å². The summed E-state index contributed by atoms with van der Waals surface area (Å²) in [5.74, 6) is -0.163. The number of benzene rings is 1. The monoisotopic (exact) mass is 408 g/mol. The first kappa shape index (κ1) is 19.7. The number of hydrogen-bond acceptors (Lipinski definition) is 3. The Balaban J connectivity index is 1.31. The Morgan fingerprint density at radius 3 is 2.62 bits per heavy atom. The van der Waals surface area contributed by atoms with Crippen LogP contribution in [0.3, 0.4) is 0 Å². The van der Waals surface area contributed by atoms with Gasteiger partial charge in [-0.15, -0.1) is 0 Å². The molecule has 0 atom stereocenters. The molecule has 4 rings (SSSR count). The van der Waals surface area contributed by atoms with E-state index in [4.69, 9.17) is 11.6 Å². The molecule has 1 aliphatic rings. The van der Waals surface area contributed by atoms with Gasteiger partial charge in [-0.2, -0.15) is 0 Å². The third-order valence-electron chi connectivity index (χ3n) is 5.26. The van der Waals surface area contributed by atoms with Gasteiger partial charge in [0.05, 0.1) is 5.69 Å². The highest BCUT2D eigenvalue weighted by molar-refractivity contribution is 6.31. The van der Waals surface area contributed by atoms with Gasteiger partial charge in [-0.05, 0) is 55.3 Å². The number of likely N-dealkylation sites (tertiary alicyclic amines) is 1. The van der Waals surface area contributed by atoms with Crippen LogP contribution in [0.5, 0.6) is 0 Å². The topological polar surface area (TPSA) is 49.6 Å². The summed E-state index contributed by atoms with van der Waals surface area (Å²) in [6.07, 6.45) is 9.02. The number of fused-ring (bicyclic) bond motifs is 1. The van der Waals surface area contributed by atoms with Crippen LogP contribution in [0.15, 0.2) is 54.7 Å². The molecule has 1 amide bonds. The molecule has 2 aromatic heterocycles. The van der Waals surface area contributed by atoms with Gasteiger partial charge >= 0.3 is 0 Å². The standard InChI is InChI=1S/C23H25ClN4O/c24-23-20(28-15-5-2-6-21(28)26-23)11-12-22(29)25-16-18-7-9-19(10-8-18)17-27-13-3-1-4-14-27/h2,5-12,15H,1,3-4,13-14,16-17H2,(H,25,29)/b12-11+. The summed E-state index contributed by atoms with van der Waals surface area (Å²) in [5, 5.41) is 3.30. The van der Waals surface area contributed by atoms with E-state index < -0.39 is 0 Å². The highest BCUT2D eigenvalue weighted by Crippen LogP contribution is 2.19. The van der Waals surface area contributed by atoms with Crippen molar-refractivity contribution >= 4 is 29.2 Å². The van der Waals surface area contributed by atoms with E-state index in [-0.39, 0.29) is 5.91 Å². The van der Waals surface area contributed by atoms with E-state index in [1.807, 2.05) is 28.8 Å². The predicted octanol–water partition coefficient (Wildman–Crippen LogP) is 4.30. The van der Waals surface area contributed by atoms with Crippen LogP contribution in [0.2, 0.25) is 5.15 Å². The average Bonchev–Trinajstić information content (AvgIpc) is 3.07. The third-order valence-corrected chi connectivity index (χ3v) is 5.54. The van der Waals surface area contributed by atoms with E-state index in [1.165, 1.54) is 44.0 Å². The summed E-state index contributed by atoms with van der Waals surface area (Å²) in [4.78, 5) is 19.0. The van der Waals surface area contributed by atoms with E-state index in [2.05, 4.69) is 39.5 Å². The molecule has 150 valence electrons. The molecule has 0 saturated carbocycles. The number of imidazole rings is 1. The van der Waals surface area contributed by atoms with Crippen molar-refractivity contribution in [2.45, 2.75) is 32.4 Å². The Kier molecular flexibility index (Phi) is 6.27. The Hall–Kier alpha value is -2.63. The van der Waals surface area contributed by atoms with Gasteiger partial charge in [0.25, 0.3) is 0 Å². The predicted molar refractivity (Wildman–Crippen MR) is 117 cm³/mol. The van der Waals surface area contributed by atoms with Crippen molar-refractivity contribution in [3.8, 4) is 0 Å². The lowest BCUT2D eigenvalue weighted by molar-refractivity contribution is -0.116. The molecule has 0 bridgehead atoms.